The summed E-state index contributed by atoms with van der Waals surface area (Å²) in [6.07, 6.45) is 0.640. The molecule has 0 spiro atoms. The molecule has 2 aromatic rings. The number of anilines is 2. The molecule has 0 radical (unpaired) electrons. The van der Waals surface area contributed by atoms with Gasteiger partial charge in [0.15, 0.2) is 15.7 Å². The molecule has 1 aliphatic heterocycles. The van der Waals surface area contributed by atoms with Gasteiger partial charge in [0.05, 0.1) is 11.5 Å². The molecule has 1 unspecified atom stereocenters. The molecule has 0 amide bonds. The smallest absolute Gasteiger partial charge is 0.182 e. The molecule has 8 nitrogen and oxygen atoms in total. The van der Waals surface area contributed by atoms with Crippen molar-refractivity contribution in [3.63, 3.8) is 0 Å². The molecule has 3 rings (SSSR count). The van der Waals surface area contributed by atoms with Gasteiger partial charge in [-0.15, -0.1) is 5.10 Å². The van der Waals surface area contributed by atoms with Crippen molar-refractivity contribution in [3.05, 3.63) is 18.2 Å². The Hall–Kier alpha value is -2.16. The van der Waals surface area contributed by atoms with E-state index in [0.717, 1.165) is 5.56 Å². The minimum atomic E-state index is -2.91. The lowest BCUT2D eigenvalue weighted by Gasteiger charge is -2.10. The molecular formula is C12H16N6O2S. The average molecular weight is 308 g/mol. The number of benzene rings is 1. The highest BCUT2D eigenvalue weighted by atomic mass is 32.2. The van der Waals surface area contributed by atoms with Gasteiger partial charge in [-0.3, -0.25) is 0 Å². The summed E-state index contributed by atoms with van der Waals surface area (Å²) >= 11 is 0. The van der Waals surface area contributed by atoms with Gasteiger partial charge in [0, 0.05) is 23.5 Å². The third-order valence-corrected chi connectivity index (χ3v) is 5.36. The first-order valence-electron chi connectivity index (χ1n) is 6.56. The van der Waals surface area contributed by atoms with Crippen LogP contribution in [0.15, 0.2) is 18.2 Å². The fraction of sp³-hybridized carbons (Fsp3) is 0.417. The minimum Gasteiger partial charge on any atom is -0.399 e. The molecular weight excluding hydrogens is 292 g/mol. The Labute approximate surface area is 122 Å². The summed E-state index contributed by atoms with van der Waals surface area (Å²) < 4.78 is 24.7. The standard InChI is InChI=1S/C12H16N6O2S/c13-10-3-9(4-11(14)5-10)12-15-16-17-18(12)6-8-1-2-21(19,20)7-8/h3-5,8H,1-2,6-7,13-14H2. The van der Waals surface area contributed by atoms with Gasteiger partial charge in [-0.25, -0.2) is 13.1 Å². The van der Waals surface area contributed by atoms with Crippen molar-refractivity contribution < 1.29 is 8.42 Å². The number of tetrazole rings is 1. The number of rotatable bonds is 3. The van der Waals surface area contributed by atoms with Crippen LogP contribution < -0.4 is 11.5 Å². The highest BCUT2D eigenvalue weighted by Crippen LogP contribution is 2.25. The Bertz CT molecular complexity index is 750. The maximum Gasteiger partial charge on any atom is 0.182 e. The second-order valence-corrected chi connectivity index (χ2v) is 7.57. The second kappa shape index (κ2) is 4.99. The van der Waals surface area contributed by atoms with Gasteiger partial charge in [-0.1, -0.05) is 0 Å². The maximum atomic E-state index is 11.5. The first kappa shape index (κ1) is 13.8. The lowest BCUT2D eigenvalue weighted by Crippen LogP contribution is -2.14. The normalized spacial score (nSPS) is 20.7. The molecule has 21 heavy (non-hydrogen) atoms. The van der Waals surface area contributed by atoms with E-state index in [0.29, 0.717) is 30.2 Å². The molecule has 0 saturated carbocycles. The van der Waals surface area contributed by atoms with Gasteiger partial charge in [0.1, 0.15) is 0 Å². The van der Waals surface area contributed by atoms with Crippen LogP contribution in [-0.4, -0.2) is 40.1 Å². The van der Waals surface area contributed by atoms with Crippen molar-refractivity contribution in [3.8, 4) is 11.4 Å². The molecule has 4 N–H and O–H groups in total. The molecule has 1 saturated heterocycles. The summed E-state index contributed by atoms with van der Waals surface area (Å²) in [5, 5.41) is 11.6. The molecule has 9 heteroatoms. The molecule has 112 valence electrons. The number of aromatic nitrogens is 4. The summed E-state index contributed by atoms with van der Waals surface area (Å²) in [5.74, 6) is 1.00. The highest BCUT2D eigenvalue weighted by molar-refractivity contribution is 7.91. The summed E-state index contributed by atoms with van der Waals surface area (Å²) in [6, 6.07) is 5.13. The number of nitrogen functional groups attached to an aromatic ring is 2. The van der Waals surface area contributed by atoms with E-state index < -0.39 is 9.84 Å². The fourth-order valence-electron chi connectivity index (χ4n) is 2.60. The SMILES string of the molecule is Nc1cc(N)cc(-c2nnnn2CC2CCS(=O)(=O)C2)c1. The van der Waals surface area contributed by atoms with Crippen LogP contribution >= 0.6 is 0 Å². The molecule has 1 fully saturated rings. The predicted molar refractivity (Wildman–Crippen MR) is 78.8 cm³/mol. The van der Waals surface area contributed by atoms with Gasteiger partial charge >= 0.3 is 0 Å². The van der Waals surface area contributed by atoms with Gasteiger partial charge in [0.25, 0.3) is 0 Å². The Balaban J connectivity index is 1.87. The van der Waals surface area contributed by atoms with Crippen molar-refractivity contribution >= 4 is 21.2 Å². The second-order valence-electron chi connectivity index (χ2n) is 5.34. The van der Waals surface area contributed by atoms with Gasteiger partial charge in [-0.05, 0) is 41.0 Å². The number of hydrogen-bond acceptors (Lipinski definition) is 7. The van der Waals surface area contributed by atoms with Crippen molar-refractivity contribution in [2.45, 2.75) is 13.0 Å². The van der Waals surface area contributed by atoms with Crippen molar-refractivity contribution in [2.24, 2.45) is 5.92 Å². The van der Waals surface area contributed by atoms with Crippen LogP contribution in [0, 0.1) is 5.92 Å². The quantitative estimate of drug-likeness (QED) is 0.759. The molecule has 1 aliphatic rings. The Morgan fingerprint density at radius 2 is 1.95 bits per heavy atom. The van der Waals surface area contributed by atoms with E-state index in [1.807, 2.05) is 0 Å². The first-order valence-corrected chi connectivity index (χ1v) is 8.38. The van der Waals surface area contributed by atoms with E-state index >= 15 is 0 Å². The zero-order chi connectivity index (χ0) is 15.0. The van der Waals surface area contributed by atoms with Gasteiger partial charge < -0.3 is 11.5 Å². The molecule has 1 atom stereocenters. The van der Waals surface area contributed by atoms with E-state index in [1.54, 1.807) is 22.9 Å². The van der Waals surface area contributed by atoms with Crippen LogP contribution in [0.1, 0.15) is 6.42 Å². The van der Waals surface area contributed by atoms with Gasteiger partial charge in [-0.2, -0.15) is 0 Å². The van der Waals surface area contributed by atoms with E-state index in [9.17, 15) is 8.42 Å². The van der Waals surface area contributed by atoms with E-state index in [4.69, 9.17) is 11.5 Å². The van der Waals surface area contributed by atoms with E-state index in [2.05, 4.69) is 15.5 Å². The number of hydrogen-bond donors (Lipinski definition) is 2. The number of nitrogens with zero attached hydrogens (tertiary/aromatic N) is 4. The topological polar surface area (TPSA) is 130 Å². The first-order chi connectivity index (χ1) is 9.93. The minimum absolute atomic E-state index is 0.0376. The van der Waals surface area contributed by atoms with Crippen LogP contribution in [0.4, 0.5) is 11.4 Å². The van der Waals surface area contributed by atoms with Crippen LogP contribution in [0.3, 0.4) is 0 Å². The Morgan fingerprint density at radius 3 is 2.57 bits per heavy atom. The van der Waals surface area contributed by atoms with Crippen LogP contribution in [0.5, 0.6) is 0 Å². The Kier molecular flexibility index (Phi) is 3.28. The van der Waals surface area contributed by atoms with Crippen molar-refractivity contribution in [1.29, 1.82) is 0 Å². The maximum absolute atomic E-state index is 11.5. The largest absolute Gasteiger partial charge is 0.399 e. The highest BCUT2D eigenvalue weighted by Gasteiger charge is 2.29. The van der Waals surface area contributed by atoms with Gasteiger partial charge in [0.2, 0.25) is 0 Å². The predicted octanol–water partition coefficient (Wildman–Crippen LogP) is -0.0608. The molecule has 1 aromatic heterocycles. The van der Waals surface area contributed by atoms with Crippen LogP contribution in [-0.2, 0) is 16.4 Å². The molecule has 2 heterocycles. The van der Waals surface area contributed by atoms with Crippen LogP contribution in [0.2, 0.25) is 0 Å². The number of nitrogens with two attached hydrogens (primary N) is 2. The summed E-state index contributed by atoms with van der Waals surface area (Å²) in [6.45, 7) is 0.469. The summed E-state index contributed by atoms with van der Waals surface area (Å²) in [5.41, 5.74) is 13.3. The van der Waals surface area contributed by atoms with Crippen LogP contribution in [0.25, 0.3) is 11.4 Å². The summed E-state index contributed by atoms with van der Waals surface area (Å²) in [4.78, 5) is 0. The Morgan fingerprint density at radius 1 is 1.24 bits per heavy atom. The zero-order valence-corrected chi connectivity index (χ0v) is 12.1. The lowest BCUT2D eigenvalue weighted by molar-refractivity contribution is 0.452. The van der Waals surface area contributed by atoms with Crippen molar-refractivity contribution in [2.75, 3.05) is 23.0 Å². The lowest BCUT2D eigenvalue weighted by atomic mass is 10.1. The zero-order valence-electron chi connectivity index (χ0n) is 11.3. The average Bonchev–Trinajstić information content (AvgIpc) is 2.95. The molecule has 0 aliphatic carbocycles. The summed E-state index contributed by atoms with van der Waals surface area (Å²) in [7, 11) is -2.91. The molecule has 1 aromatic carbocycles. The van der Waals surface area contributed by atoms with E-state index in [1.165, 1.54) is 0 Å². The monoisotopic (exact) mass is 308 g/mol. The van der Waals surface area contributed by atoms with E-state index in [-0.39, 0.29) is 17.4 Å². The third kappa shape index (κ3) is 2.97. The fourth-order valence-corrected chi connectivity index (χ4v) is 4.45. The third-order valence-electron chi connectivity index (χ3n) is 3.53. The molecule has 0 bridgehead atoms. The van der Waals surface area contributed by atoms with Crippen molar-refractivity contribution in [1.82, 2.24) is 20.2 Å². The number of sulfone groups is 1.